The van der Waals surface area contributed by atoms with Gasteiger partial charge in [0.1, 0.15) is 11.6 Å². The molecule has 0 atom stereocenters. The van der Waals surface area contributed by atoms with Crippen molar-refractivity contribution >= 4 is 28.9 Å². The van der Waals surface area contributed by atoms with E-state index in [0.717, 1.165) is 36.8 Å². The predicted octanol–water partition coefficient (Wildman–Crippen LogP) is 1.96. The highest BCUT2D eigenvalue weighted by molar-refractivity contribution is 6.33. The van der Waals surface area contributed by atoms with Crippen LogP contribution in [0, 0.1) is 11.6 Å². The first-order valence-corrected chi connectivity index (χ1v) is 8.48. The van der Waals surface area contributed by atoms with Gasteiger partial charge in [-0.3, -0.25) is 4.79 Å². The second-order valence-corrected chi connectivity index (χ2v) is 6.47. The average Bonchev–Trinajstić information content (AvgIpc) is 2.59. The molecule has 0 aliphatic carbocycles. The topological polar surface area (TPSA) is 36.8 Å². The highest BCUT2D eigenvalue weighted by atomic mass is 35.5. The van der Waals surface area contributed by atoms with Crippen molar-refractivity contribution in [1.29, 1.82) is 0 Å². The summed E-state index contributed by atoms with van der Waals surface area (Å²) in [6.07, 6.45) is 0. The van der Waals surface area contributed by atoms with Gasteiger partial charge in [0.2, 0.25) is 0 Å². The Bertz CT molecular complexity index is 746. The smallest absolute Gasteiger partial charge is 0.279 e. The van der Waals surface area contributed by atoms with Crippen LogP contribution in [0.15, 0.2) is 42.5 Å². The number of nitrogens with one attached hydrogen (secondary N) is 2. The molecule has 7 heteroatoms. The summed E-state index contributed by atoms with van der Waals surface area (Å²) in [4.78, 5) is 15.5. The van der Waals surface area contributed by atoms with Crippen LogP contribution in [0.5, 0.6) is 0 Å². The number of hydrogen-bond acceptors (Lipinski definition) is 2. The highest BCUT2D eigenvalue weighted by Crippen LogP contribution is 2.22. The molecule has 1 saturated heterocycles. The van der Waals surface area contributed by atoms with E-state index < -0.39 is 5.82 Å². The van der Waals surface area contributed by atoms with Crippen molar-refractivity contribution in [2.45, 2.75) is 0 Å². The van der Waals surface area contributed by atoms with Gasteiger partial charge in [0.05, 0.1) is 36.9 Å². The summed E-state index contributed by atoms with van der Waals surface area (Å²) in [6.45, 7) is 3.53. The molecule has 2 aromatic rings. The lowest BCUT2D eigenvalue weighted by Gasteiger charge is -2.33. The Balaban J connectivity index is 1.50. The summed E-state index contributed by atoms with van der Waals surface area (Å²) in [7, 11) is 0. The van der Waals surface area contributed by atoms with Crippen LogP contribution < -0.4 is 15.1 Å². The minimum atomic E-state index is -0.439. The number of anilines is 2. The largest absolute Gasteiger partial charge is 0.360 e. The van der Waals surface area contributed by atoms with Gasteiger partial charge in [-0.1, -0.05) is 11.6 Å². The molecule has 4 nitrogen and oxygen atoms in total. The Morgan fingerprint density at radius 3 is 2.36 bits per heavy atom. The molecule has 0 radical (unpaired) electrons. The SMILES string of the molecule is O=C(C[NH+]1CCN(c2ccc(F)cc2)CC1)Nc1ccc(F)cc1Cl. The molecule has 1 amide bonds. The number of nitrogens with zero attached hydrogens (tertiary/aromatic N) is 1. The van der Waals surface area contributed by atoms with E-state index in [1.54, 1.807) is 12.1 Å². The Labute approximate surface area is 150 Å². The van der Waals surface area contributed by atoms with E-state index in [9.17, 15) is 13.6 Å². The van der Waals surface area contributed by atoms with E-state index in [4.69, 9.17) is 11.6 Å². The Hall–Kier alpha value is -2.18. The van der Waals surface area contributed by atoms with Gasteiger partial charge in [0.15, 0.2) is 6.54 Å². The summed E-state index contributed by atoms with van der Waals surface area (Å²) >= 11 is 5.92. The van der Waals surface area contributed by atoms with Gasteiger partial charge in [-0.25, -0.2) is 8.78 Å². The zero-order valence-electron chi connectivity index (χ0n) is 13.6. The number of carbonyl (C=O) groups is 1. The van der Waals surface area contributed by atoms with Crippen molar-refractivity contribution in [3.05, 3.63) is 59.1 Å². The predicted molar refractivity (Wildman–Crippen MR) is 94.2 cm³/mol. The van der Waals surface area contributed by atoms with Crippen molar-refractivity contribution in [2.75, 3.05) is 42.9 Å². The Morgan fingerprint density at radius 1 is 1.08 bits per heavy atom. The number of hydrogen-bond donors (Lipinski definition) is 2. The zero-order valence-corrected chi connectivity index (χ0v) is 14.3. The number of carbonyl (C=O) groups excluding carboxylic acids is 1. The molecule has 132 valence electrons. The lowest BCUT2D eigenvalue weighted by atomic mass is 10.2. The number of halogens is 3. The summed E-state index contributed by atoms with van der Waals surface area (Å²) in [5, 5.41) is 2.90. The fraction of sp³-hybridized carbons (Fsp3) is 0.278. The first-order valence-electron chi connectivity index (χ1n) is 8.10. The van der Waals surface area contributed by atoms with E-state index >= 15 is 0 Å². The van der Waals surface area contributed by atoms with Crippen LogP contribution in [0.2, 0.25) is 5.02 Å². The molecule has 0 saturated carbocycles. The van der Waals surface area contributed by atoms with Crippen LogP contribution in [0.25, 0.3) is 0 Å². The van der Waals surface area contributed by atoms with Crippen LogP contribution in [0.1, 0.15) is 0 Å². The molecule has 0 spiro atoms. The lowest BCUT2D eigenvalue weighted by Crippen LogP contribution is -3.15. The fourth-order valence-electron chi connectivity index (χ4n) is 2.92. The standard InChI is InChI=1S/C18H18ClF2N3O/c19-16-11-14(21)3-6-17(16)22-18(25)12-23-7-9-24(10-8-23)15-4-1-13(20)2-5-15/h1-6,11H,7-10,12H2,(H,22,25)/p+1. The van der Waals surface area contributed by atoms with Gasteiger partial charge in [0.25, 0.3) is 5.91 Å². The van der Waals surface area contributed by atoms with E-state index in [1.165, 1.54) is 30.3 Å². The number of benzene rings is 2. The molecule has 1 aliphatic rings. The van der Waals surface area contributed by atoms with Crippen molar-refractivity contribution in [3.63, 3.8) is 0 Å². The van der Waals surface area contributed by atoms with Crippen LogP contribution in [-0.2, 0) is 4.79 Å². The van der Waals surface area contributed by atoms with E-state index in [2.05, 4.69) is 10.2 Å². The molecule has 1 fully saturated rings. The second kappa shape index (κ2) is 7.80. The van der Waals surface area contributed by atoms with Crippen molar-refractivity contribution in [1.82, 2.24) is 0 Å². The third-order valence-corrected chi connectivity index (χ3v) is 4.59. The van der Waals surface area contributed by atoms with Crippen molar-refractivity contribution in [2.24, 2.45) is 0 Å². The number of quaternary nitrogens is 1. The summed E-state index contributed by atoms with van der Waals surface area (Å²) in [6, 6.07) is 10.3. The van der Waals surface area contributed by atoms with Crippen molar-refractivity contribution < 1.29 is 18.5 Å². The van der Waals surface area contributed by atoms with E-state index in [0.29, 0.717) is 12.2 Å². The maximum atomic E-state index is 13.0. The van der Waals surface area contributed by atoms with E-state index in [1.807, 2.05) is 0 Å². The normalized spacial score (nSPS) is 15.2. The molecule has 2 aromatic carbocycles. The number of amides is 1. The maximum absolute atomic E-state index is 13.0. The summed E-state index contributed by atoms with van der Waals surface area (Å²) in [5.41, 5.74) is 1.40. The van der Waals surface area contributed by atoms with Gasteiger partial charge in [-0.15, -0.1) is 0 Å². The first-order chi connectivity index (χ1) is 12.0. The number of rotatable bonds is 4. The van der Waals surface area contributed by atoms with Gasteiger partial charge in [-0.2, -0.15) is 0 Å². The minimum absolute atomic E-state index is 0.154. The van der Waals surface area contributed by atoms with Crippen LogP contribution in [0.3, 0.4) is 0 Å². The summed E-state index contributed by atoms with van der Waals surface area (Å²) < 4.78 is 26.0. The molecular weight excluding hydrogens is 348 g/mol. The molecule has 0 unspecified atom stereocenters. The maximum Gasteiger partial charge on any atom is 0.279 e. The molecule has 0 aromatic heterocycles. The van der Waals surface area contributed by atoms with Crippen molar-refractivity contribution in [3.8, 4) is 0 Å². The zero-order chi connectivity index (χ0) is 17.8. The molecule has 25 heavy (non-hydrogen) atoms. The average molecular weight is 367 g/mol. The quantitative estimate of drug-likeness (QED) is 0.868. The summed E-state index contributed by atoms with van der Waals surface area (Å²) in [5.74, 6) is -0.839. The molecule has 3 rings (SSSR count). The molecule has 0 bridgehead atoms. The molecule has 1 aliphatic heterocycles. The highest BCUT2D eigenvalue weighted by Gasteiger charge is 2.22. The van der Waals surface area contributed by atoms with E-state index in [-0.39, 0.29) is 16.7 Å². The minimum Gasteiger partial charge on any atom is -0.360 e. The second-order valence-electron chi connectivity index (χ2n) is 6.06. The Morgan fingerprint density at radius 2 is 1.72 bits per heavy atom. The monoisotopic (exact) mass is 366 g/mol. The number of piperazine rings is 1. The third kappa shape index (κ3) is 4.67. The van der Waals surface area contributed by atoms with Crippen LogP contribution in [0.4, 0.5) is 20.2 Å². The van der Waals surface area contributed by atoms with Crippen LogP contribution in [-0.4, -0.2) is 38.6 Å². The van der Waals surface area contributed by atoms with Gasteiger partial charge in [0, 0.05) is 5.69 Å². The van der Waals surface area contributed by atoms with Gasteiger partial charge >= 0.3 is 0 Å². The first kappa shape index (κ1) is 17.6. The van der Waals surface area contributed by atoms with Crippen LogP contribution >= 0.6 is 11.6 Å². The fourth-order valence-corrected chi connectivity index (χ4v) is 3.14. The molecular formula is C18H19ClF2N3O+. The molecule has 2 N–H and O–H groups in total. The lowest BCUT2D eigenvalue weighted by molar-refractivity contribution is -0.892. The third-order valence-electron chi connectivity index (χ3n) is 4.28. The Kier molecular flexibility index (Phi) is 5.50. The molecule has 1 heterocycles. The van der Waals surface area contributed by atoms with Gasteiger partial charge < -0.3 is 15.1 Å². The van der Waals surface area contributed by atoms with Gasteiger partial charge in [-0.05, 0) is 42.5 Å².